The van der Waals surface area contributed by atoms with E-state index in [1.807, 2.05) is 0 Å². The highest BCUT2D eigenvalue weighted by Gasteiger charge is 2.52. The molecule has 3 heteroatoms. The van der Waals surface area contributed by atoms with Gasteiger partial charge in [-0.05, 0) is 56.3 Å². The first kappa shape index (κ1) is 8.57. The molecule has 4 bridgehead atoms. The summed E-state index contributed by atoms with van der Waals surface area (Å²) in [5.74, 6) is 2.65. The van der Waals surface area contributed by atoms with Crippen LogP contribution >= 0.6 is 0 Å². The molecule has 0 aromatic heterocycles. The molecule has 14 heavy (non-hydrogen) atoms. The summed E-state index contributed by atoms with van der Waals surface area (Å²) in [7, 11) is 0. The third kappa shape index (κ3) is 1.22. The van der Waals surface area contributed by atoms with Gasteiger partial charge in [0.05, 0.1) is 5.54 Å². The second-order valence-electron chi connectivity index (χ2n) is 5.69. The molecule has 0 amide bonds. The first-order valence-corrected chi connectivity index (χ1v) is 5.71. The summed E-state index contributed by atoms with van der Waals surface area (Å²) in [5.41, 5.74) is 3.18. The summed E-state index contributed by atoms with van der Waals surface area (Å²) in [6.45, 7) is 3.38. The predicted octanol–water partition coefficient (Wildman–Crippen LogP) is 1.67. The van der Waals surface area contributed by atoms with Crippen molar-refractivity contribution in [2.45, 2.75) is 44.1 Å². The first-order chi connectivity index (χ1) is 6.65. The van der Waals surface area contributed by atoms with Crippen LogP contribution in [-0.2, 0) is 0 Å². The molecule has 0 atom stereocenters. The van der Waals surface area contributed by atoms with Crippen LogP contribution in [0.15, 0.2) is 0 Å². The summed E-state index contributed by atoms with van der Waals surface area (Å²) >= 11 is 0. The molecule has 4 aliphatic carbocycles. The number of rotatable bonds is 2. The number of hydrazine groups is 1. The Labute approximate surface area is 84.7 Å². The van der Waals surface area contributed by atoms with Gasteiger partial charge >= 0.3 is 0 Å². The highest BCUT2D eigenvalue weighted by molar-refractivity contribution is 5.15. The van der Waals surface area contributed by atoms with E-state index in [9.17, 15) is 5.21 Å². The molecule has 0 saturated heterocycles. The molecule has 0 heterocycles. The molecule has 3 nitrogen and oxygen atoms in total. The van der Waals surface area contributed by atoms with Gasteiger partial charge in [-0.25, -0.2) is 0 Å². The molecule has 0 aromatic carbocycles. The lowest BCUT2D eigenvalue weighted by Gasteiger charge is -2.55. The van der Waals surface area contributed by atoms with E-state index in [0.717, 1.165) is 17.8 Å². The molecule has 0 aromatic rings. The number of hydrazone groups is 1. The monoisotopic (exact) mass is 194 g/mol. The lowest BCUT2D eigenvalue weighted by Crippen LogP contribution is -2.59. The molecule has 78 valence electrons. The maximum Gasteiger partial charge on any atom is 0.171 e. The van der Waals surface area contributed by atoms with E-state index in [-0.39, 0.29) is 5.54 Å². The van der Waals surface area contributed by atoms with Gasteiger partial charge in [0.2, 0.25) is 0 Å². The van der Waals surface area contributed by atoms with Crippen LogP contribution in [0.2, 0.25) is 0 Å². The maximum absolute atomic E-state index is 11.0. The maximum atomic E-state index is 11.0. The highest BCUT2D eigenvalue weighted by atomic mass is 16.5. The van der Waals surface area contributed by atoms with Gasteiger partial charge < -0.3 is 5.21 Å². The molecule has 4 fully saturated rings. The zero-order valence-electron chi connectivity index (χ0n) is 8.54. The van der Waals surface area contributed by atoms with E-state index in [4.69, 9.17) is 0 Å². The minimum absolute atomic E-state index is 0.123. The third-order valence-corrected chi connectivity index (χ3v) is 4.40. The number of nitrogens with one attached hydrogen (secondary N) is 1. The Morgan fingerprint density at radius 1 is 1.07 bits per heavy atom. The second-order valence-corrected chi connectivity index (χ2v) is 5.69. The van der Waals surface area contributed by atoms with E-state index in [2.05, 4.69) is 12.1 Å². The Morgan fingerprint density at radius 2 is 1.50 bits per heavy atom. The van der Waals surface area contributed by atoms with E-state index in [1.54, 1.807) is 0 Å². The van der Waals surface area contributed by atoms with Gasteiger partial charge in [-0.3, -0.25) is 0 Å². The molecular formula is C11H18N2O. The van der Waals surface area contributed by atoms with Gasteiger partial charge in [0.25, 0.3) is 0 Å². The van der Waals surface area contributed by atoms with Crippen molar-refractivity contribution in [3.63, 3.8) is 0 Å². The second kappa shape index (κ2) is 2.65. The van der Waals surface area contributed by atoms with Crippen molar-refractivity contribution in [1.29, 1.82) is 0 Å². The molecule has 0 unspecified atom stereocenters. The van der Waals surface area contributed by atoms with E-state index < -0.39 is 0 Å². The Bertz CT molecular complexity index is 239. The minimum atomic E-state index is 0.123. The zero-order valence-corrected chi connectivity index (χ0v) is 8.54. The zero-order chi connectivity index (χ0) is 9.76. The lowest BCUT2D eigenvalue weighted by molar-refractivity contribution is -0.536. The average molecular weight is 194 g/mol. The fourth-order valence-corrected chi connectivity index (χ4v) is 4.51. The molecule has 0 spiro atoms. The van der Waals surface area contributed by atoms with Crippen LogP contribution in [0.3, 0.4) is 0 Å². The number of hydrogen-bond donors (Lipinski definition) is 1. The number of hydrogen-bond acceptors (Lipinski definition) is 2. The van der Waals surface area contributed by atoms with Gasteiger partial charge in [-0.2, -0.15) is 5.43 Å². The van der Waals surface area contributed by atoms with Crippen LogP contribution < -0.4 is 5.43 Å². The smallest absolute Gasteiger partial charge is 0.171 e. The average Bonchev–Trinajstić information content (AvgIpc) is 1.96. The Hall–Kier alpha value is -0.730. The fourth-order valence-electron chi connectivity index (χ4n) is 4.51. The van der Waals surface area contributed by atoms with Gasteiger partial charge in [-0.1, -0.05) is 4.85 Å². The molecule has 4 saturated carbocycles. The normalized spacial score (nSPS) is 49.3. The van der Waals surface area contributed by atoms with Gasteiger partial charge in [0.15, 0.2) is 6.72 Å². The quantitative estimate of drug-likeness (QED) is 0.314. The van der Waals surface area contributed by atoms with Gasteiger partial charge in [0.1, 0.15) is 0 Å². The van der Waals surface area contributed by atoms with Crippen molar-refractivity contribution in [3.8, 4) is 0 Å². The van der Waals surface area contributed by atoms with E-state index in [0.29, 0.717) is 4.85 Å². The van der Waals surface area contributed by atoms with E-state index >= 15 is 0 Å². The van der Waals surface area contributed by atoms with Crippen molar-refractivity contribution in [1.82, 2.24) is 5.43 Å². The lowest BCUT2D eigenvalue weighted by atomic mass is 9.53. The summed E-state index contributed by atoms with van der Waals surface area (Å²) in [6.07, 6.45) is 7.85. The fraction of sp³-hybridized carbons (Fsp3) is 0.909. The minimum Gasteiger partial charge on any atom is -0.597 e. The summed E-state index contributed by atoms with van der Waals surface area (Å²) < 4.78 is 0. The number of nitrogens with zero attached hydrogens (tertiary/aromatic N) is 1. The first-order valence-electron chi connectivity index (χ1n) is 5.71. The molecule has 1 N–H and O–H groups in total. The summed E-state index contributed by atoms with van der Waals surface area (Å²) in [5, 5.41) is 11.0. The van der Waals surface area contributed by atoms with Crippen LogP contribution in [0, 0.1) is 23.0 Å². The molecular weight excluding hydrogens is 176 g/mol. The molecule has 4 rings (SSSR count). The van der Waals surface area contributed by atoms with Crippen LogP contribution in [0.25, 0.3) is 0 Å². The summed E-state index contributed by atoms with van der Waals surface area (Å²) in [6, 6.07) is 0. The third-order valence-electron chi connectivity index (χ3n) is 4.40. The van der Waals surface area contributed by atoms with Crippen LogP contribution in [0.5, 0.6) is 0 Å². The van der Waals surface area contributed by atoms with Crippen LogP contribution in [-0.4, -0.2) is 17.1 Å². The Morgan fingerprint density at radius 3 is 1.86 bits per heavy atom. The predicted molar refractivity (Wildman–Crippen MR) is 54.8 cm³/mol. The van der Waals surface area contributed by atoms with Crippen molar-refractivity contribution in [3.05, 3.63) is 5.21 Å². The molecule has 0 radical (unpaired) electrons. The highest BCUT2D eigenvalue weighted by Crippen LogP contribution is 2.55. The van der Waals surface area contributed by atoms with Gasteiger partial charge in [-0.15, -0.1) is 0 Å². The van der Waals surface area contributed by atoms with E-state index in [1.165, 1.54) is 38.5 Å². The molecule has 4 aliphatic rings. The summed E-state index contributed by atoms with van der Waals surface area (Å²) in [4.78, 5) is 0.674. The SMILES string of the molecule is C=[N+]([O-])NC12CC3CC(CC(C3)C1)C2. The topological polar surface area (TPSA) is 38.1 Å². The van der Waals surface area contributed by atoms with Gasteiger partial charge in [0, 0.05) is 0 Å². The van der Waals surface area contributed by atoms with Crippen molar-refractivity contribution in [2.24, 2.45) is 17.8 Å². The molecule has 0 aliphatic heterocycles. The van der Waals surface area contributed by atoms with Crippen molar-refractivity contribution >= 4 is 6.72 Å². The Balaban J connectivity index is 1.83. The van der Waals surface area contributed by atoms with Crippen LogP contribution in [0.1, 0.15) is 38.5 Å². The standard InChI is InChI=1S/C11H18N2O/c1-13(14)12-11-5-8-2-9(6-11)4-10(3-8)7-11/h8-10,12H,1-7H2. The Kier molecular flexibility index (Phi) is 1.62. The van der Waals surface area contributed by atoms with Crippen molar-refractivity contribution < 1.29 is 4.85 Å². The van der Waals surface area contributed by atoms with Crippen molar-refractivity contribution in [2.75, 3.05) is 0 Å². The largest absolute Gasteiger partial charge is 0.597 e. The van der Waals surface area contributed by atoms with Crippen LogP contribution in [0.4, 0.5) is 0 Å².